The number of hydrogen-bond acceptors (Lipinski definition) is 4. The van der Waals surface area contributed by atoms with E-state index in [4.69, 9.17) is 9.73 Å². The number of aliphatic imine (C=N–C) groups is 1. The second kappa shape index (κ2) is 10.2. The molecule has 5 nitrogen and oxygen atoms in total. The molecule has 0 bridgehead atoms. The first-order chi connectivity index (χ1) is 12.5. The fraction of sp³-hybridized carbons (Fsp3) is 0.500. The van der Waals surface area contributed by atoms with Crippen molar-refractivity contribution in [2.75, 3.05) is 6.54 Å². The third-order valence-electron chi connectivity index (χ3n) is 3.69. The summed E-state index contributed by atoms with van der Waals surface area (Å²) in [5, 5.41) is 7.73. The summed E-state index contributed by atoms with van der Waals surface area (Å²) in [4.78, 5) is 10.5. The number of nitrogens with one attached hydrogen (secondary N) is 2. The Bertz CT molecular complexity index is 724. The molecule has 0 saturated heterocycles. The lowest BCUT2D eigenvalue weighted by atomic mass is 10.1. The second-order valence-corrected chi connectivity index (χ2v) is 7.60. The van der Waals surface area contributed by atoms with E-state index in [1.807, 2.05) is 20.0 Å². The van der Waals surface area contributed by atoms with Crippen molar-refractivity contribution in [3.05, 3.63) is 45.4 Å². The van der Waals surface area contributed by atoms with Crippen molar-refractivity contribution in [2.45, 2.75) is 60.2 Å². The van der Waals surface area contributed by atoms with E-state index in [-0.39, 0.29) is 6.10 Å². The molecule has 0 fully saturated rings. The van der Waals surface area contributed by atoms with Crippen LogP contribution in [0.1, 0.15) is 48.7 Å². The maximum absolute atomic E-state index is 5.94. The highest BCUT2D eigenvalue weighted by atomic mass is 32.1. The average molecular weight is 375 g/mol. The number of aryl methyl sites for hydroxylation is 2. The zero-order valence-corrected chi connectivity index (χ0v) is 17.2. The fourth-order valence-corrected chi connectivity index (χ4v) is 3.22. The minimum absolute atomic E-state index is 0.142. The lowest BCUT2D eigenvalue weighted by Crippen LogP contribution is -2.36. The van der Waals surface area contributed by atoms with Gasteiger partial charge in [-0.25, -0.2) is 9.98 Å². The second-order valence-electron chi connectivity index (χ2n) is 6.40. The minimum atomic E-state index is 0.142. The Hall–Kier alpha value is -2.08. The van der Waals surface area contributed by atoms with Crippen LogP contribution in [0.15, 0.2) is 29.4 Å². The Labute approximate surface area is 160 Å². The van der Waals surface area contributed by atoms with Gasteiger partial charge in [-0.15, -0.1) is 11.3 Å². The predicted molar refractivity (Wildman–Crippen MR) is 110 cm³/mol. The molecule has 26 heavy (non-hydrogen) atoms. The number of thiazole rings is 1. The van der Waals surface area contributed by atoms with E-state index in [9.17, 15) is 0 Å². The number of aromatic nitrogens is 1. The molecular formula is C20H30N4OS. The molecule has 1 heterocycles. The summed E-state index contributed by atoms with van der Waals surface area (Å²) in [6.07, 6.45) is 3.12. The van der Waals surface area contributed by atoms with E-state index in [2.05, 4.69) is 54.6 Å². The SMILES string of the molecule is CCNC(=NCc1ccc(C)cc1OC(C)C)NCc1ncc(CC)s1. The summed E-state index contributed by atoms with van der Waals surface area (Å²) in [5.41, 5.74) is 2.28. The minimum Gasteiger partial charge on any atom is -0.491 e. The Kier molecular flexibility index (Phi) is 7.91. The molecule has 6 heteroatoms. The van der Waals surface area contributed by atoms with Gasteiger partial charge in [-0.3, -0.25) is 0 Å². The standard InChI is InChI=1S/C20H30N4OS/c1-6-17-12-22-19(26-17)13-24-20(21-7-2)23-11-16-9-8-15(5)10-18(16)25-14(3)4/h8-10,12,14H,6-7,11,13H2,1-5H3,(H2,21,23,24). The van der Waals surface area contributed by atoms with E-state index in [1.165, 1.54) is 10.4 Å². The van der Waals surface area contributed by atoms with E-state index < -0.39 is 0 Å². The molecule has 0 aliphatic carbocycles. The van der Waals surface area contributed by atoms with Crippen LogP contribution in [0.5, 0.6) is 5.75 Å². The number of hydrogen-bond donors (Lipinski definition) is 2. The Morgan fingerprint density at radius 2 is 2.08 bits per heavy atom. The topological polar surface area (TPSA) is 58.5 Å². The lowest BCUT2D eigenvalue weighted by molar-refractivity contribution is 0.240. The van der Waals surface area contributed by atoms with Gasteiger partial charge in [0.05, 0.1) is 19.2 Å². The van der Waals surface area contributed by atoms with Crippen molar-refractivity contribution >= 4 is 17.3 Å². The molecule has 0 radical (unpaired) electrons. The number of benzene rings is 1. The largest absolute Gasteiger partial charge is 0.491 e. The van der Waals surface area contributed by atoms with Gasteiger partial charge in [-0.05, 0) is 45.7 Å². The first-order valence-electron chi connectivity index (χ1n) is 9.23. The van der Waals surface area contributed by atoms with Gasteiger partial charge in [-0.1, -0.05) is 19.1 Å². The maximum atomic E-state index is 5.94. The summed E-state index contributed by atoms with van der Waals surface area (Å²) < 4.78 is 5.94. The summed E-state index contributed by atoms with van der Waals surface area (Å²) in [5.74, 6) is 1.70. The first-order valence-corrected chi connectivity index (χ1v) is 10.0. The molecule has 2 N–H and O–H groups in total. The molecule has 0 unspecified atom stereocenters. The predicted octanol–water partition coefficient (Wildman–Crippen LogP) is 4.06. The zero-order chi connectivity index (χ0) is 18.9. The third kappa shape index (κ3) is 6.33. The van der Waals surface area contributed by atoms with Crippen molar-refractivity contribution in [1.82, 2.24) is 15.6 Å². The Morgan fingerprint density at radius 3 is 2.73 bits per heavy atom. The lowest BCUT2D eigenvalue weighted by Gasteiger charge is -2.15. The van der Waals surface area contributed by atoms with Crippen molar-refractivity contribution in [2.24, 2.45) is 4.99 Å². The molecule has 0 amide bonds. The summed E-state index contributed by atoms with van der Waals surface area (Å²) in [7, 11) is 0. The molecule has 0 atom stereocenters. The van der Waals surface area contributed by atoms with Crippen LogP contribution in [0.3, 0.4) is 0 Å². The average Bonchev–Trinajstić information content (AvgIpc) is 3.06. The number of rotatable bonds is 8. The fourth-order valence-electron chi connectivity index (χ4n) is 2.41. The summed E-state index contributed by atoms with van der Waals surface area (Å²) >= 11 is 1.74. The number of nitrogens with zero attached hydrogens (tertiary/aromatic N) is 2. The van der Waals surface area contributed by atoms with Crippen LogP contribution in [0, 0.1) is 6.92 Å². The molecule has 0 spiro atoms. The number of guanidine groups is 1. The smallest absolute Gasteiger partial charge is 0.191 e. The van der Waals surface area contributed by atoms with Crippen molar-refractivity contribution in [3.63, 3.8) is 0 Å². The van der Waals surface area contributed by atoms with Crippen LogP contribution >= 0.6 is 11.3 Å². The number of ether oxygens (including phenoxy) is 1. The van der Waals surface area contributed by atoms with E-state index in [0.717, 1.165) is 35.2 Å². The van der Waals surface area contributed by atoms with E-state index >= 15 is 0 Å². The van der Waals surface area contributed by atoms with Crippen molar-refractivity contribution in [1.29, 1.82) is 0 Å². The third-order valence-corrected chi connectivity index (χ3v) is 4.84. The van der Waals surface area contributed by atoms with Gasteiger partial charge in [0.1, 0.15) is 10.8 Å². The highest BCUT2D eigenvalue weighted by molar-refractivity contribution is 7.11. The highest BCUT2D eigenvalue weighted by Gasteiger charge is 2.07. The maximum Gasteiger partial charge on any atom is 0.191 e. The van der Waals surface area contributed by atoms with Gasteiger partial charge in [0.25, 0.3) is 0 Å². The normalized spacial score (nSPS) is 11.7. The molecule has 0 aliphatic rings. The highest BCUT2D eigenvalue weighted by Crippen LogP contribution is 2.22. The van der Waals surface area contributed by atoms with Gasteiger partial charge < -0.3 is 15.4 Å². The molecule has 2 rings (SSSR count). The summed E-state index contributed by atoms with van der Waals surface area (Å²) in [6.45, 7) is 12.4. The van der Waals surface area contributed by atoms with Gasteiger partial charge >= 0.3 is 0 Å². The van der Waals surface area contributed by atoms with Gasteiger partial charge in [0, 0.05) is 23.2 Å². The molecule has 1 aromatic carbocycles. The van der Waals surface area contributed by atoms with Crippen LogP contribution in [-0.2, 0) is 19.5 Å². The first kappa shape index (κ1) is 20.2. The quantitative estimate of drug-likeness (QED) is 0.540. The van der Waals surface area contributed by atoms with Gasteiger partial charge in [-0.2, -0.15) is 0 Å². The van der Waals surface area contributed by atoms with Crippen LogP contribution in [0.25, 0.3) is 0 Å². The van der Waals surface area contributed by atoms with Crippen molar-refractivity contribution in [3.8, 4) is 5.75 Å². The van der Waals surface area contributed by atoms with Crippen LogP contribution in [-0.4, -0.2) is 23.6 Å². The van der Waals surface area contributed by atoms with Gasteiger partial charge in [0.2, 0.25) is 0 Å². The Balaban J connectivity index is 2.06. The van der Waals surface area contributed by atoms with E-state index in [0.29, 0.717) is 13.1 Å². The van der Waals surface area contributed by atoms with Crippen LogP contribution < -0.4 is 15.4 Å². The van der Waals surface area contributed by atoms with Gasteiger partial charge in [0.15, 0.2) is 5.96 Å². The Morgan fingerprint density at radius 1 is 1.27 bits per heavy atom. The molecule has 0 aliphatic heterocycles. The molecule has 142 valence electrons. The molecule has 2 aromatic rings. The zero-order valence-electron chi connectivity index (χ0n) is 16.4. The molecular weight excluding hydrogens is 344 g/mol. The monoisotopic (exact) mass is 374 g/mol. The molecule has 0 saturated carbocycles. The van der Waals surface area contributed by atoms with E-state index in [1.54, 1.807) is 11.3 Å². The molecule has 1 aromatic heterocycles. The van der Waals surface area contributed by atoms with Crippen LogP contribution in [0.2, 0.25) is 0 Å². The van der Waals surface area contributed by atoms with Crippen molar-refractivity contribution < 1.29 is 4.74 Å². The summed E-state index contributed by atoms with van der Waals surface area (Å²) in [6, 6.07) is 6.27. The van der Waals surface area contributed by atoms with Crippen LogP contribution in [0.4, 0.5) is 0 Å².